The van der Waals surface area contributed by atoms with E-state index in [0.717, 1.165) is 24.8 Å². The van der Waals surface area contributed by atoms with Crippen LogP contribution in [0.5, 0.6) is 0 Å². The molecule has 0 aliphatic heterocycles. The zero-order valence-corrected chi connectivity index (χ0v) is 11.2. The van der Waals surface area contributed by atoms with E-state index in [1.807, 2.05) is 19.1 Å². The molecule has 0 aromatic heterocycles. The predicted molar refractivity (Wildman–Crippen MR) is 74.6 cm³/mol. The minimum Gasteiger partial charge on any atom is -0.398 e. The first kappa shape index (κ1) is 14.5. The number of unbranched alkanes of at least 4 members (excludes halogenated alkanes) is 2. The average molecular weight is 250 g/mol. The maximum Gasteiger partial charge on any atom is 0.250 e. The van der Waals surface area contributed by atoms with Gasteiger partial charge in [-0.15, -0.1) is 0 Å². The van der Waals surface area contributed by atoms with Crippen molar-refractivity contribution in [2.24, 2.45) is 0 Å². The van der Waals surface area contributed by atoms with Gasteiger partial charge in [-0.05, 0) is 31.0 Å². The summed E-state index contributed by atoms with van der Waals surface area (Å²) in [6, 6.07) is 5.47. The van der Waals surface area contributed by atoms with Crippen LogP contribution in [0.3, 0.4) is 0 Å². The molecule has 1 amide bonds. The number of anilines is 2. The van der Waals surface area contributed by atoms with Gasteiger partial charge < -0.3 is 15.8 Å². The molecule has 0 aliphatic carbocycles. The summed E-state index contributed by atoms with van der Waals surface area (Å²) in [5.41, 5.74) is 8.16. The maximum atomic E-state index is 11.6. The molecule has 100 valence electrons. The fourth-order valence-corrected chi connectivity index (χ4v) is 1.53. The number of carbonyl (C=O) groups excluding carboxylic acids is 1. The van der Waals surface area contributed by atoms with Gasteiger partial charge in [0.15, 0.2) is 0 Å². The summed E-state index contributed by atoms with van der Waals surface area (Å²) in [6.07, 6.45) is 3.29. The summed E-state index contributed by atoms with van der Waals surface area (Å²) in [6.45, 7) is 4.79. The topological polar surface area (TPSA) is 64.3 Å². The zero-order valence-electron chi connectivity index (χ0n) is 11.2. The molecule has 0 saturated carbocycles. The van der Waals surface area contributed by atoms with Gasteiger partial charge >= 0.3 is 0 Å². The van der Waals surface area contributed by atoms with Crippen molar-refractivity contribution in [3.63, 3.8) is 0 Å². The first-order valence-electron chi connectivity index (χ1n) is 6.37. The van der Waals surface area contributed by atoms with Crippen molar-refractivity contribution in [2.45, 2.75) is 33.1 Å². The molecule has 18 heavy (non-hydrogen) atoms. The van der Waals surface area contributed by atoms with Crippen LogP contribution >= 0.6 is 0 Å². The third-order valence-electron chi connectivity index (χ3n) is 2.69. The van der Waals surface area contributed by atoms with Gasteiger partial charge in [0.25, 0.3) is 0 Å². The lowest BCUT2D eigenvalue weighted by Crippen LogP contribution is -2.18. The summed E-state index contributed by atoms with van der Waals surface area (Å²) < 4.78 is 5.28. The van der Waals surface area contributed by atoms with Gasteiger partial charge in [0.2, 0.25) is 5.91 Å². The molecule has 0 fully saturated rings. The molecular formula is C14H22N2O2. The summed E-state index contributed by atoms with van der Waals surface area (Å²) in [7, 11) is 0. The van der Waals surface area contributed by atoms with Crippen LogP contribution in [-0.4, -0.2) is 19.1 Å². The van der Waals surface area contributed by atoms with Gasteiger partial charge in [-0.3, -0.25) is 4.79 Å². The Labute approximate surface area is 109 Å². The number of nitrogen functional groups attached to an aromatic ring is 1. The number of rotatable bonds is 7. The normalized spacial score (nSPS) is 10.3. The molecule has 0 radical (unpaired) electrons. The predicted octanol–water partition coefficient (Wildman–Crippen LogP) is 2.72. The smallest absolute Gasteiger partial charge is 0.250 e. The molecule has 0 saturated heterocycles. The molecule has 3 N–H and O–H groups in total. The number of ether oxygens (including phenoxy) is 1. The number of nitrogens with two attached hydrogens (primary N) is 1. The fraction of sp³-hybridized carbons (Fsp3) is 0.500. The third kappa shape index (κ3) is 5.19. The molecule has 4 nitrogen and oxygen atoms in total. The van der Waals surface area contributed by atoms with Crippen LogP contribution in [0.25, 0.3) is 0 Å². The van der Waals surface area contributed by atoms with Gasteiger partial charge in [-0.2, -0.15) is 0 Å². The van der Waals surface area contributed by atoms with Crippen molar-refractivity contribution in [2.75, 3.05) is 24.3 Å². The summed E-state index contributed by atoms with van der Waals surface area (Å²) >= 11 is 0. The van der Waals surface area contributed by atoms with Crippen LogP contribution in [-0.2, 0) is 9.53 Å². The molecule has 0 atom stereocenters. The summed E-state index contributed by atoms with van der Waals surface area (Å²) in [4.78, 5) is 11.6. The third-order valence-corrected chi connectivity index (χ3v) is 2.69. The number of carbonyl (C=O) groups is 1. The highest BCUT2D eigenvalue weighted by Crippen LogP contribution is 2.16. The molecule has 0 bridgehead atoms. The van der Waals surface area contributed by atoms with Crippen LogP contribution in [0, 0.1) is 6.92 Å². The maximum absolute atomic E-state index is 11.6. The lowest BCUT2D eigenvalue weighted by molar-refractivity contribution is -0.120. The van der Waals surface area contributed by atoms with Crippen molar-refractivity contribution in [3.05, 3.63) is 23.8 Å². The highest BCUT2D eigenvalue weighted by Gasteiger charge is 2.03. The Bertz CT molecular complexity index is 391. The quantitative estimate of drug-likeness (QED) is 0.577. The molecule has 0 unspecified atom stereocenters. The number of hydrogen-bond donors (Lipinski definition) is 2. The Balaban J connectivity index is 2.29. The van der Waals surface area contributed by atoms with Crippen molar-refractivity contribution in [1.29, 1.82) is 0 Å². The van der Waals surface area contributed by atoms with Crippen LogP contribution in [0.15, 0.2) is 18.2 Å². The number of aryl methyl sites for hydroxylation is 1. The second-order valence-electron chi connectivity index (χ2n) is 4.38. The largest absolute Gasteiger partial charge is 0.398 e. The fourth-order valence-electron chi connectivity index (χ4n) is 1.53. The Morgan fingerprint density at radius 2 is 2.17 bits per heavy atom. The van der Waals surface area contributed by atoms with E-state index < -0.39 is 0 Å². The van der Waals surface area contributed by atoms with E-state index in [1.54, 1.807) is 6.07 Å². The molecule has 1 rings (SSSR count). The average Bonchev–Trinajstić information content (AvgIpc) is 2.34. The standard InChI is InChI=1S/C14H22N2O2/c1-3-4-5-8-18-10-14(17)16-12-7-6-11(2)13(15)9-12/h6-7,9H,3-5,8,10,15H2,1-2H3,(H,16,17). The van der Waals surface area contributed by atoms with Crippen molar-refractivity contribution in [1.82, 2.24) is 0 Å². The van der Waals surface area contributed by atoms with E-state index >= 15 is 0 Å². The molecule has 0 heterocycles. The molecule has 0 spiro atoms. The van der Waals surface area contributed by atoms with Gasteiger partial charge in [-0.1, -0.05) is 25.8 Å². The van der Waals surface area contributed by atoms with Crippen molar-refractivity contribution in [3.8, 4) is 0 Å². The highest BCUT2D eigenvalue weighted by atomic mass is 16.5. The Hall–Kier alpha value is -1.55. The van der Waals surface area contributed by atoms with Gasteiger partial charge in [-0.25, -0.2) is 0 Å². The number of hydrogen-bond acceptors (Lipinski definition) is 3. The van der Waals surface area contributed by atoms with Crippen LogP contribution < -0.4 is 11.1 Å². The van der Waals surface area contributed by atoms with Crippen LogP contribution in [0.2, 0.25) is 0 Å². The number of benzene rings is 1. The van der Waals surface area contributed by atoms with E-state index in [2.05, 4.69) is 12.2 Å². The second kappa shape index (κ2) is 7.71. The molecule has 1 aromatic rings. The second-order valence-corrected chi connectivity index (χ2v) is 4.38. The van der Waals surface area contributed by atoms with Gasteiger partial charge in [0.05, 0.1) is 0 Å². The molecule has 1 aromatic carbocycles. The van der Waals surface area contributed by atoms with E-state index in [1.165, 1.54) is 0 Å². The minimum atomic E-state index is -0.144. The van der Waals surface area contributed by atoms with Crippen LogP contribution in [0.4, 0.5) is 11.4 Å². The van der Waals surface area contributed by atoms with Crippen molar-refractivity contribution >= 4 is 17.3 Å². The van der Waals surface area contributed by atoms with Gasteiger partial charge in [0.1, 0.15) is 6.61 Å². The first-order valence-corrected chi connectivity index (χ1v) is 6.37. The Morgan fingerprint density at radius 1 is 1.39 bits per heavy atom. The molecular weight excluding hydrogens is 228 g/mol. The molecule has 4 heteroatoms. The van der Waals surface area contributed by atoms with Crippen LogP contribution in [0.1, 0.15) is 31.7 Å². The zero-order chi connectivity index (χ0) is 13.4. The lowest BCUT2D eigenvalue weighted by atomic mass is 10.2. The SMILES string of the molecule is CCCCCOCC(=O)Nc1ccc(C)c(N)c1. The Kier molecular flexibility index (Phi) is 6.22. The first-order chi connectivity index (χ1) is 8.63. The van der Waals surface area contributed by atoms with E-state index in [9.17, 15) is 4.79 Å². The monoisotopic (exact) mass is 250 g/mol. The highest BCUT2D eigenvalue weighted by molar-refractivity contribution is 5.92. The molecule has 0 aliphatic rings. The van der Waals surface area contributed by atoms with E-state index in [4.69, 9.17) is 10.5 Å². The summed E-state index contributed by atoms with van der Waals surface area (Å²) in [5, 5.41) is 2.76. The number of nitrogens with one attached hydrogen (secondary N) is 1. The van der Waals surface area contributed by atoms with Gasteiger partial charge in [0, 0.05) is 18.0 Å². The van der Waals surface area contributed by atoms with Crippen molar-refractivity contribution < 1.29 is 9.53 Å². The van der Waals surface area contributed by atoms with E-state index in [0.29, 0.717) is 18.0 Å². The number of amides is 1. The Morgan fingerprint density at radius 3 is 2.83 bits per heavy atom. The van der Waals surface area contributed by atoms with E-state index in [-0.39, 0.29) is 12.5 Å². The summed E-state index contributed by atoms with van der Waals surface area (Å²) in [5.74, 6) is -0.144. The lowest BCUT2D eigenvalue weighted by Gasteiger charge is -2.08. The minimum absolute atomic E-state index is 0.0947.